The fourth-order valence-corrected chi connectivity index (χ4v) is 1.77. The molecule has 3 heteroatoms. The largest absolute Gasteiger partial charge is 0.457 e. The molecule has 0 amide bonds. The topological polar surface area (TPSA) is 47.3 Å². The summed E-state index contributed by atoms with van der Waals surface area (Å²) in [5.41, 5.74) is 7.55. The first-order chi connectivity index (χ1) is 9.78. The molecule has 0 aliphatic carbocycles. The van der Waals surface area contributed by atoms with Gasteiger partial charge in [-0.3, -0.25) is 0 Å². The van der Waals surface area contributed by atoms with E-state index >= 15 is 0 Å². The van der Waals surface area contributed by atoms with Crippen molar-refractivity contribution in [2.45, 2.75) is 6.42 Å². The van der Waals surface area contributed by atoms with Crippen LogP contribution < -0.4 is 15.8 Å². The average molecular weight is 268 g/mol. The number of hydrogen-bond donors (Lipinski definition) is 2. The zero-order valence-electron chi connectivity index (χ0n) is 11.7. The Morgan fingerprint density at radius 3 is 2.20 bits per heavy atom. The molecule has 0 aliphatic rings. The minimum atomic E-state index is 0.736. The van der Waals surface area contributed by atoms with Crippen molar-refractivity contribution in [3.63, 3.8) is 0 Å². The zero-order chi connectivity index (χ0) is 14.2. The molecule has 0 heterocycles. The highest BCUT2D eigenvalue weighted by molar-refractivity contribution is 5.51. The van der Waals surface area contributed by atoms with Gasteiger partial charge in [0, 0.05) is 5.69 Å². The van der Waals surface area contributed by atoms with Crippen LogP contribution in [0.1, 0.15) is 12.0 Å². The lowest BCUT2D eigenvalue weighted by atomic mass is 10.2. The maximum Gasteiger partial charge on any atom is 0.127 e. The van der Waals surface area contributed by atoms with Crippen molar-refractivity contribution in [3.05, 3.63) is 60.2 Å². The highest BCUT2D eigenvalue weighted by atomic mass is 16.5. The minimum absolute atomic E-state index is 0.736. The number of nitrogens with two attached hydrogens (primary N) is 1. The van der Waals surface area contributed by atoms with Crippen LogP contribution in [0.5, 0.6) is 11.5 Å². The third-order valence-corrected chi connectivity index (χ3v) is 2.87. The molecule has 2 rings (SSSR count). The lowest BCUT2D eigenvalue weighted by Gasteiger charge is -2.06. The van der Waals surface area contributed by atoms with Crippen LogP contribution in [0.3, 0.4) is 0 Å². The summed E-state index contributed by atoms with van der Waals surface area (Å²) in [4.78, 5) is 0. The predicted molar refractivity (Wildman–Crippen MR) is 84.9 cm³/mol. The van der Waals surface area contributed by atoms with E-state index < -0.39 is 0 Å². The third kappa shape index (κ3) is 4.44. The molecule has 0 saturated carbocycles. The molecule has 0 radical (unpaired) electrons. The Labute approximate surface area is 120 Å². The summed E-state index contributed by atoms with van der Waals surface area (Å²) in [5.74, 6) is 1.61. The van der Waals surface area contributed by atoms with E-state index in [9.17, 15) is 0 Å². The monoisotopic (exact) mass is 268 g/mol. The van der Waals surface area contributed by atoms with Gasteiger partial charge in [0.25, 0.3) is 0 Å². The molecule has 104 valence electrons. The summed E-state index contributed by atoms with van der Waals surface area (Å²) in [6.07, 6.45) is 5.30. The van der Waals surface area contributed by atoms with Crippen LogP contribution in [-0.4, -0.2) is 13.6 Å². The Kier molecular flexibility index (Phi) is 5.21. The average Bonchev–Trinajstić information content (AvgIpc) is 2.48. The smallest absolute Gasteiger partial charge is 0.127 e. The Morgan fingerprint density at radius 1 is 1.00 bits per heavy atom. The van der Waals surface area contributed by atoms with Gasteiger partial charge in [-0.1, -0.05) is 24.3 Å². The lowest BCUT2D eigenvalue weighted by molar-refractivity contribution is 0.483. The molecule has 0 saturated heterocycles. The molecule has 0 aliphatic heterocycles. The quantitative estimate of drug-likeness (QED) is 0.620. The third-order valence-electron chi connectivity index (χ3n) is 2.87. The predicted octanol–water partition coefficient (Wildman–Crippen LogP) is 3.68. The summed E-state index contributed by atoms with van der Waals surface area (Å²) in [7, 11) is 1.96. The molecule has 0 aromatic heterocycles. The Hall–Kier alpha value is -2.26. The van der Waals surface area contributed by atoms with Crippen molar-refractivity contribution in [2.24, 2.45) is 0 Å². The number of hydrogen-bond acceptors (Lipinski definition) is 3. The van der Waals surface area contributed by atoms with Crippen molar-refractivity contribution < 1.29 is 4.74 Å². The highest BCUT2D eigenvalue weighted by Gasteiger charge is 1.96. The zero-order valence-corrected chi connectivity index (χ0v) is 11.7. The van der Waals surface area contributed by atoms with E-state index in [0.29, 0.717) is 0 Å². The van der Waals surface area contributed by atoms with Crippen LogP contribution in [0, 0.1) is 0 Å². The molecule has 0 bridgehead atoms. The fourth-order valence-electron chi connectivity index (χ4n) is 1.77. The van der Waals surface area contributed by atoms with Crippen LogP contribution in [-0.2, 0) is 0 Å². The number of nitrogens with one attached hydrogen (secondary N) is 1. The van der Waals surface area contributed by atoms with Gasteiger partial charge in [0.05, 0.1) is 0 Å². The van der Waals surface area contributed by atoms with Crippen molar-refractivity contribution in [3.8, 4) is 11.5 Å². The standard InChI is InChI=1S/C17H20N2O/c1-19-13-3-2-4-14-5-9-16(10-6-14)20-17-11-7-15(18)8-12-17/h2,4-12,19H,3,13,18H2,1H3. The molecule has 2 aromatic rings. The summed E-state index contributed by atoms with van der Waals surface area (Å²) < 4.78 is 5.74. The van der Waals surface area contributed by atoms with E-state index in [1.807, 2.05) is 55.6 Å². The first-order valence-corrected chi connectivity index (χ1v) is 6.72. The summed E-state index contributed by atoms with van der Waals surface area (Å²) >= 11 is 0. The van der Waals surface area contributed by atoms with Crippen molar-refractivity contribution in [1.29, 1.82) is 0 Å². The summed E-state index contributed by atoms with van der Waals surface area (Å²) in [5, 5.41) is 3.11. The second-order valence-corrected chi connectivity index (χ2v) is 4.53. The molecular formula is C17H20N2O. The summed E-state index contributed by atoms with van der Waals surface area (Å²) in [6, 6.07) is 15.4. The van der Waals surface area contributed by atoms with Crippen molar-refractivity contribution in [2.75, 3.05) is 19.3 Å². The Morgan fingerprint density at radius 2 is 1.60 bits per heavy atom. The van der Waals surface area contributed by atoms with Gasteiger partial charge in [-0.25, -0.2) is 0 Å². The van der Waals surface area contributed by atoms with Gasteiger partial charge < -0.3 is 15.8 Å². The van der Waals surface area contributed by atoms with Crippen LogP contribution in [0.4, 0.5) is 5.69 Å². The van der Waals surface area contributed by atoms with E-state index in [2.05, 4.69) is 17.5 Å². The van der Waals surface area contributed by atoms with Gasteiger partial charge in [0.1, 0.15) is 11.5 Å². The van der Waals surface area contributed by atoms with Crippen LogP contribution in [0.15, 0.2) is 54.6 Å². The Balaban J connectivity index is 1.94. The van der Waals surface area contributed by atoms with E-state index in [1.54, 1.807) is 0 Å². The molecule has 2 aromatic carbocycles. The van der Waals surface area contributed by atoms with Gasteiger partial charge in [-0.05, 0) is 62.0 Å². The second-order valence-electron chi connectivity index (χ2n) is 4.53. The van der Waals surface area contributed by atoms with Crippen LogP contribution in [0.2, 0.25) is 0 Å². The SMILES string of the molecule is CNCCC=Cc1ccc(Oc2ccc(N)cc2)cc1. The van der Waals surface area contributed by atoms with E-state index in [0.717, 1.165) is 30.2 Å². The highest BCUT2D eigenvalue weighted by Crippen LogP contribution is 2.22. The number of benzene rings is 2. The van der Waals surface area contributed by atoms with Gasteiger partial charge in [-0.2, -0.15) is 0 Å². The number of ether oxygens (including phenoxy) is 1. The maximum absolute atomic E-state index is 5.74. The lowest BCUT2D eigenvalue weighted by Crippen LogP contribution is -2.05. The van der Waals surface area contributed by atoms with Gasteiger partial charge in [-0.15, -0.1) is 0 Å². The van der Waals surface area contributed by atoms with Gasteiger partial charge >= 0.3 is 0 Å². The van der Waals surface area contributed by atoms with Crippen LogP contribution >= 0.6 is 0 Å². The fraction of sp³-hybridized carbons (Fsp3) is 0.176. The molecule has 0 unspecified atom stereocenters. The second kappa shape index (κ2) is 7.36. The summed E-state index contributed by atoms with van der Waals surface area (Å²) in [6.45, 7) is 0.995. The first kappa shape index (κ1) is 14.2. The molecule has 0 fully saturated rings. The first-order valence-electron chi connectivity index (χ1n) is 6.72. The van der Waals surface area contributed by atoms with E-state index in [4.69, 9.17) is 10.5 Å². The number of rotatable bonds is 6. The van der Waals surface area contributed by atoms with Crippen molar-refractivity contribution >= 4 is 11.8 Å². The molecular weight excluding hydrogens is 248 g/mol. The maximum atomic E-state index is 5.74. The number of anilines is 1. The van der Waals surface area contributed by atoms with E-state index in [-0.39, 0.29) is 0 Å². The minimum Gasteiger partial charge on any atom is -0.457 e. The normalized spacial score (nSPS) is 10.8. The molecule has 0 atom stereocenters. The van der Waals surface area contributed by atoms with Gasteiger partial charge in [0.2, 0.25) is 0 Å². The van der Waals surface area contributed by atoms with Crippen molar-refractivity contribution in [1.82, 2.24) is 5.32 Å². The molecule has 3 nitrogen and oxygen atoms in total. The van der Waals surface area contributed by atoms with Gasteiger partial charge in [0.15, 0.2) is 0 Å². The Bertz CT molecular complexity index is 544. The van der Waals surface area contributed by atoms with Crippen LogP contribution in [0.25, 0.3) is 6.08 Å². The number of nitrogen functional groups attached to an aromatic ring is 1. The molecule has 20 heavy (non-hydrogen) atoms. The van der Waals surface area contributed by atoms with E-state index in [1.165, 1.54) is 5.56 Å². The molecule has 0 spiro atoms. The molecule has 3 N–H and O–H groups in total.